The summed E-state index contributed by atoms with van der Waals surface area (Å²) in [5.41, 5.74) is 5.73. The molecule has 3 nitrogen and oxygen atoms in total. The number of amides is 1. The van der Waals surface area contributed by atoms with Crippen molar-refractivity contribution in [1.29, 1.82) is 0 Å². The van der Waals surface area contributed by atoms with E-state index in [0.29, 0.717) is 0 Å². The summed E-state index contributed by atoms with van der Waals surface area (Å²) in [4.78, 5) is 12.8. The average molecular weight is 419 g/mol. The molecule has 0 aliphatic heterocycles. The predicted octanol–water partition coefficient (Wildman–Crippen LogP) is 4.91. The molecule has 0 heterocycles. The molecule has 3 aromatic rings. The van der Waals surface area contributed by atoms with Crippen LogP contribution < -0.4 is 5.43 Å². The Bertz CT molecular complexity index is 930. The van der Waals surface area contributed by atoms with Crippen molar-refractivity contribution in [2.75, 3.05) is 0 Å². The van der Waals surface area contributed by atoms with E-state index in [-0.39, 0.29) is 17.2 Å². The van der Waals surface area contributed by atoms with Gasteiger partial charge in [0.2, 0.25) is 5.91 Å². The molecule has 4 rings (SSSR count). The standard InChI is InChI=1S/C23H19BrN2O/c24-20-13-7-8-17(14-20)16-25-26-22(27)21-15-23(21,18-9-3-1-4-10-18)19-11-5-2-6-12-19/h1-14,16,21H,15H2,(H,26,27)/b25-16-/t21-/m1/s1. The van der Waals surface area contributed by atoms with Gasteiger partial charge in [-0.25, -0.2) is 5.43 Å². The number of hydrogen-bond acceptors (Lipinski definition) is 2. The Labute approximate surface area is 167 Å². The molecule has 1 aliphatic rings. The molecule has 0 aromatic heterocycles. The molecule has 1 amide bonds. The summed E-state index contributed by atoms with van der Waals surface area (Å²) in [5, 5.41) is 4.15. The molecule has 1 fully saturated rings. The number of halogens is 1. The van der Waals surface area contributed by atoms with Gasteiger partial charge in [-0.2, -0.15) is 5.10 Å². The highest BCUT2D eigenvalue weighted by Gasteiger charge is 2.60. The Balaban J connectivity index is 1.54. The lowest BCUT2D eigenvalue weighted by atomic mass is 9.85. The second kappa shape index (κ2) is 7.49. The van der Waals surface area contributed by atoms with Crippen molar-refractivity contribution in [3.63, 3.8) is 0 Å². The van der Waals surface area contributed by atoms with Gasteiger partial charge in [-0.15, -0.1) is 0 Å². The molecule has 1 N–H and O–H groups in total. The Morgan fingerprint density at radius 1 is 0.963 bits per heavy atom. The Hall–Kier alpha value is -2.72. The quantitative estimate of drug-likeness (QED) is 0.464. The van der Waals surface area contributed by atoms with Gasteiger partial charge in [0.1, 0.15) is 0 Å². The van der Waals surface area contributed by atoms with Crippen LogP contribution in [0.5, 0.6) is 0 Å². The third-order valence-corrected chi connectivity index (χ3v) is 5.59. The van der Waals surface area contributed by atoms with Gasteiger partial charge in [0.15, 0.2) is 0 Å². The first-order chi connectivity index (χ1) is 13.2. The fraction of sp³-hybridized carbons (Fsp3) is 0.130. The van der Waals surface area contributed by atoms with Gasteiger partial charge in [0, 0.05) is 9.89 Å². The number of carbonyl (C=O) groups excluding carboxylic acids is 1. The Morgan fingerprint density at radius 3 is 2.19 bits per heavy atom. The average Bonchev–Trinajstić information content (AvgIpc) is 3.47. The van der Waals surface area contributed by atoms with Crippen LogP contribution in [0.25, 0.3) is 0 Å². The number of nitrogens with one attached hydrogen (secondary N) is 1. The van der Waals surface area contributed by atoms with E-state index < -0.39 is 0 Å². The van der Waals surface area contributed by atoms with Crippen molar-refractivity contribution in [2.24, 2.45) is 11.0 Å². The molecule has 0 spiro atoms. The Morgan fingerprint density at radius 2 is 1.59 bits per heavy atom. The van der Waals surface area contributed by atoms with Crippen molar-refractivity contribution in [3.05, 3.63) is 106 Å². The molecule has 0 bridgehead atoms. The molecule has 1 aliphatic carbocycles. The maximum atomic E-state index is 12.8. The van der Waals surface area contributed by atoms with Crippen LogP contribution in [0.2, 0.25) is 0 Å². The fourth-order valence-corrected chi connectivity index (χ4v) is 4.11. The third kappa shape index (κ3) is 3.58. The molecule has 0 saturated heterocycles. The zero-order valence-corrected chi connectivity index (χ0v) is 16.3. The SMILES string of the molecule is O=C(N/N=C\c1cccc(Br)c1)[C@H]1CC1(c1ccccc1)c1ccccc1. The van der Waals surface area contributed by atoms with Gasteiger partial charge in [0.05, 0.1) is 12.1 Å². The minimum atomic E-state index is -0.266. The predicted molar refractivity (Wildman–Crippen MR) is 112 cm³/mol. The van der Waals surface area contributed by atoms with Gasteiger partial charge in [-0.1, -0.05) is 88.7 Å². The molecule has 134 valence electrons. The van der Waals surface area contributed by atoms with Crippen molar-refractivity contribution in [1.82, 2.24) is 5.43 Å². The lowest BCUT2D eigenvalue weighted by molar-refractivity contribution is -0.122. The molecule has 3 aromatic carbocycles. The normalized spacial score (nSPS) is 17.6. The molecule has 0 radical (unpaired) electrons. The van der Waals surface area contributed by atoms with E-state index in [1.165, 1.54) is 11.1 Å². The van der Waals surface area contributed by atoms with E-state index in [9.17, 15) is 4.79 Å². The lowest BCUT2D eigenvalue weighted by Gasteiger charge is -2.18. The molecule has 1 atom stereocenters. The van der Waals surface area contributed by atoms with Crippen molar-refractivity contribution in [2.45, 2.75) is 11.8 Å². The first-order valence-electron chi connectivity index (χ1n) is 8.90. The highest BCUT2D eigenvalue weighted by molar-refractivity contribution is 9.10. The van der Waals surface area contributed by atoms with Crippen LogP contribution in [0.3, 0.4) is 0 Å². The largest absolute Gasteiger partial charge is 0.273 e. The van der Waals surface area contributed by atoms with Gasteiger partial charge in [0.25, 0.3) is 0 Å². The first kappa shape index (κ1) is 17.7. The molecular weight excluding hydrogens is 400 g/mol. The van der Waals surface area contributed by atoms with Crippen LogP contribution in [0, 0.1) is 5.92 Å². The van der Waals surface area contributed by atoms with E-state index in [1.807, 2.05) is 60.7 Å². The summed E-state index contributed by atoms with van der Waals surface area (Å²) in [5.74, 6) is -0.170. The van der Waals surface area contributed by atoms with E-state index >= 15 is 0 Å². The van der Waals surface area contributed by atoms with Crippen LogP contribution in [-0.2, 0) is 10.2 Å². The maximum absolute atomic E-state index is 12.8. The van der Waals surface area contributed by atoms with Crippen molar-refractivity contribution in [3.8, 4) is 0 Å². The molecule has 1 saturated carbocycles. The lowest BCUT2D eigenvalue weighted by Crippen LogP contribution is -2.25. The zero-order chi connectivity index (χ0) is 18.7. The second-order valence-electron chi connectivity index (χ2n) is 6.75. The van der Waals surface area contributed by atoms with Crippen LogP contribution in [0.4, 0.5) is 0 Å². The summed E-state index contributed by atoms with van der Waals surface area (Å²) >= 11 is 3.43. The first-order valence-corrected chi connectivity index (χ1v) is 9.69. The topological polar surface area (TPSA) is 41.5 Å². The monoisotopic (exact) mass is 418 g/mol. The summed E-state index contributed by atoms with van der Waals surface area (Å²) < 4.78 is 0.979. The molecule has 27 heavy (non-hydrogen) atoms. The van der Waals surface area contributed by atoms with Crippen LogP contribution in [0.15, 0.2) is 94.5 Å². The van der Waals surface area contributed by atoms with E-state index in [4.69, 9.17) is 0 Å². The highest BCUT2D eigenvalue weighted by Crippen LogP contribution is 2.58. The molecular formula is C23H19BrN2O. The maximum Gasteiger partial charge on any atom is 0.244 e. The van der Waals surface area contributed by atoms with Gasteiger partial charge in [-0.05, 0) is 35.2 Å². The number of benzene rings is 3. The van der Waals surface area contributed by atoms with E-state index in [2.05, 4.69) is 50.7 Å². The Kier molecular flexibility index (Phi) is 4.90. The number of nitrogens with zero attached hydrogens (tertiary/aromatic N) is 1. The van der Waals surface area contributed by atoms with Gasteiger partial charge in [-0.3, -0.25) is 4.79 Å². The minimum Gasteiger partial charge on any atom is -0.273 e. The van der Waals surface area contributed by atoms with Crippen molar-refractivity contribution >= 4 is 28.1 Å². The number of hydrogen-bond donors (Lipinski definition) is 1. The zero-order valence-electron chi connectivity index (χ0n) is 14.7. The molecule has 4 heteroatoms. The molecule has 0 unspecified atom stereocenters. The fourth-order valence-electron chi connectivity index (χ4n) is 3.69. The number of carbonyl (C=O) groups is 1. The summed E-state index contributed by atoms with van der Waals surface area (Å²) in [7, 11) is 0. The van der Waals surface area contributed by atoms with Crippen molar-refractivity contribution < 1.29 is 4.79 Å². The van der Waals surface area contributed by atoms with E-state index in [1.54, 1.807) is 6.21 Å². The van der Waals surface area contributed by atoms with Crippen LogP contribution in [-0.4, -0.2) is 12.1 Å². The summed E-state index contributed by atoms with van der Waals surface area (Å²) in [6.07, 6.45) is 2.46. The van der Waals surface area contributed by atoms with Crippen LogP contribution in [0.1, 0.15) is 23.1 Å². The summed E-state index contributed by atoms with van der Waals surface area (Å²) in [6.45, 7) is 0. The van der Waals surface area contributed by atoms with Gasteiger partial charge < -0.3 is 0 Å². The van der Waals surface area contributed by atoms with Crippen LogP contribution >= 0.6 is 15.9 Å². The van der Waals surface area contributed by atoms with E-state index in [0.717, 1.165) is 16.5 Å². The summed E-state index contributed by atoms with van der Waals surface area (Å²) in [6, 6.07) is 28.3. The van der Waals surface area contributed by atoms with Gasteiger partial charge >= 0.3 is 0 Å². The number of rotatable bonds is 5. The third-order valence-electron chi connectivity index (χ3n) is 5.09. The minimum absolute atomic E-state index is 0.0473. The smallest absolute Gasteiger partial charge is 0.244 e. The second-order valence-corrected chi connectivity index (χ2v) is 7.67. The highest BCUT2D eigenvalue weighted by atomic mass is 79.9. The number of hydrazone groups is 1.